The van der Waals surface area contributed by atoms with E-state index in [1.807, 2.05) is 11.8 Å². The van der Waals surface area contributed by atoms with Gasteiger partial charge in [0.05, 0.1) is 6.10 Å². The Morgan fingerprint density at radius 1 is 1.20 bits per heavy atom. The Kier molecular flexibility index (Phi) is 11.0. The van der Waals surface area contributed by atoms with Crippen LogP contribution in [0.5, 0.6) is 0 Å². The molecule has 0 aromatic heterocycles. The molecule has 0 spiro atoms. The second-order valence-electron chi connectivity index (χ2n) is 4.49. The largest absolute Gasteiger partial charge is 0.391 e. The maximum absolute atomic E-state index is 9.64. The van der Waals surface area contributed by atoms with Crippen LogP contribution in [-0.2, 0) is 0 Å². The molecule has 2 nitrogen and oxygen atoms in total. The fourth-order valence-electron chi connectivity index (χ4n) is 1.27. The molecule has 2 N–H and O–H groups in total. The maximum Gasteiger partial charge on any atom is 0.0754 e. The summed E-state index contributed by atoms with van der Waals surface area (Å²) in [5.74, 6) is 2.72. The first-order valence-corrected chi connectivity index (χ1v) is 7.28. The van der Waals surface area contributed by atoms with E-state index >= 15 is 0 Å². The van der Waals surface area contributed by atoms with Crippen LogP contribution in [0, 0.1) is 5.92 Å². The molecule has 0 aliphatic rings. The lowest BCUT2D eigenvalue weighted by Crippen LogP contribution is -2.31. The van der Waals surface area contributed by atoms with E-state index in [0.717, 1.165) is 18.8 Å². The van der Waals surface area contributed by atoms with Crippen LogP contribution >= 0.6 is 11.8 Å². The summed E-state index contributed by atoms with van der Waals surface area (Å²) in [7, 11) is 0. The second-order valence-corrected chi connectivity index (χ2v) is 5.64. The van der Waals surface area contributed by atoms with Gasteiger partial charge < -0.3 is 10.4 Å². The molecule has 0 bridgehead atoms. The van der Waals surface area contributed by atoms with Crippen LogP contribution in [0.3, 0.4) is 0 Å². The Bertz CT molecular complexity index is 131. The zero-order chi connectivity index (χ0) is 11.5. The van der Waals surface area contributed by atoms with Crippen molar-refractivity contribution in [2.24, 2.45) is 5.92 Å². The molecule has 0 saturated carbocycles. The van der Waals surface area contributed by atoms with Crippen LogP contribution in [0.15, 0.2) is 0 Å². The average Bonchev–Trinajstić information content (AvgIpc) is 2.17. The van der Waals surface area contributed by atoms with Gasteiger partial charge >= 0.3 is 0 Å². The van der Waals surface area contributed by atoms with Crippen LogP contribution in [0.1, 0.15) is 40.0 Å². The van der Waals surface area contributed by atoms with Gasteiger partial charge in [0.15, 0.2) is 0 Å². The van der Waals surface area contributed by atoms with Crippen molar-refractivity contribution in [1.82, 2.24) is 5.32 Å². The van der Waals surface area contributed by atoms with Gasteiger partial charge in [-0.25, -0.2) is 0 Å². The number of nitrogens with one attached hydrogen (secondary N) is 1. The van der Waals surface area contributed by atoms with Crippen molar-refractivity contribution in [3.05, 3.63) is 0 Å². The van der Waals surface area contributed by atoms with E-state index in [0.29, 0.717) is 5.92 Å². The Labute approximate surface area is 99.2 Å². The molecule has 0 fully saturated rings. The molecule has 0 rings (SSSR count). The molecule has 15 heavy (non-hydrogen) atoms. The number of aliphatic hydroxyl groups is 1. The lowest BCUT2D eigenvalue weighted by Gasteiger charge is -2.12. The van der Waals surface area contributed by atoms with E-state index in [4.69, 9.17) is 0 Å². The predicted molar refractivity (Wildman–Crippen MR) is 70.6 cm³/mol. The lowest BCUT2D eigenvalue weighted by atomic mass is 10.2. The fraction of sp³-hybridized carbons (Fsp3) is 1.00. The Morgan fingerprint density at radius 3 is 2.53 bits per heavy atom. The third-order valence-electron chi connectivity index (χ3n) is 2.14. The minimum absolute atomic E-state index is 0.185. The monoisotopic (exact) mass is 233 g/mol. The first-order valence-electron chi connectivity index (χ1n) is 6.13. The molecular weight excluding hydrogens is 206 g/mol. The summed E-state index contributed by atoms with van der Waals surface area (Å²) in [6.45, 7) is 8.31. The summed E-state index contributed by atoms with van der Waals surface area (Å²) in [6, 6.07) is 0. The number of unbranched alkanes of at least 4 members (excludes halogenated alkanes) is 2. The molecule has 1 unspecified atom stereocenters. The van der Waals surface area contributed by atoms with Crippen LogP contribution in [0.2, 0.25) is 0 Å². The maximum atomic E-state index is 9.64. The molecule has 0 radical (unpaired) electrons. The molecule has 3 heteroatoms. The highest BCUT2D eigenvalue weighted by Gasteiger charge is 2.03. The highest BCUT2D eigenvalue weighted by atomic mass is 32.2. The first kappa shape index (κ1) is 15.3. The molecule has 92 valence electrons. The minimum Gasteiger partial charge on any atom is -0.391 e. The molecule has 0 aromatic rings. The van der Waals surface area contributed by atoms with Gasteiger partial charge in [0, 0.05) is 12.3 Å². The van der Waals surface area contributed by atoms with Crippen molar-refractivity contribution in [2.45, 2.75) is 46.1 Å². The van der Waals surface area contributed by atoms with Gasteiger partial charge in [-0.1, -0.05) is 33.6 Å². The molecule has 0 aliphatic carbocycles. The summed E-state index contributed by atoms with van der Waals surface area (Å²) in [4.78, 5) is 0. The van der Waals surface area contributed by atoms with Gasteiger partial charge in [-0.15, -0.1) is 0 Å². The van der Waals surface area contributed by atoms with Crippen molar-refractivity contribution in [3.63, 3.8) is 0 Å². The van der Waals surface area contributed by atoms with Crippen molar-refractivity contribution < 1.29 is 5.11 Å². The quantitative estimate of drug-likeness (QED) is 0.569. The van der Waals surface area contributed by atoms with Crippen molar-refractivity contribution in [1.29, 1.82) is 0 Å². The topological polar surface area (TPSA) is 32.3 Å². The minimum atomic E-state index is -0.185. The molecule has 1 atom stereocenters. The summed E-state index contributed by atoms with van der Waals surface area (Å²) >= 11 is 1.87. The lowest BCUT2D eigenvalue weighted by molar-refractivity contribution is 0.194. The van der Waals surface area contributed by atoms with Gasteiger partial charge in [-0.3, -0.25) is 0 Å². The zero-order valence-corrected chi connectivity index (χ0v) is 11.3. The highest BCUT2D eigenvalue weighted by Crippen LogP contribution is 2.07. The van der Waals surface area contributed by atoms with Gasteiger partial charge in [-0.05, 0) is 24.6 Å². The van der Waals surface area contributed by atoms with E-state index in [1.165, 1.54) is 25.0 Å². The number of aliphatic hydroxyl groups excluding tert-OH is 1. The Balaban J connectivity index is 3.15. The predicted octanol–water partition coefficient (Wildman–Crippen LogP) is 2.52. The van der Waals surface area contributed by atoms with Gasteiger partial charge in [0.1, 0.15) is 0 Å². The normalized spacial score (nSPS) is 13.4. The van der Waals surface area contributed by atoms with E-state index in [-0.39, 0.29) is 6.10 Å². The van der Waals surface area contributed by atoms with E-state index in [1.54, 1.807) is 0 Å². The number of hydrogen-bond donors (Lipinski definition) is 2. The van der Waals surface area contributed by atoms with E-state index in [9.17, 15) is 5.11 Å². The zero-order valence-electron chi connectivity index (χ0n) is 10.5. The van der Waals surface area contributed by atoms with Crippen molar-refractivity contribution >= 4 is 11.8 Å². The van der Waals surface area contributed by atoms with Gasteiger partial charge in [-0.2, -0.15) is 11.8 Å². The smallest absolute Gasteiger partial charge is 0.0754 e. The Hall–Kier alpha value is 0.270. The van der Waals surface area contributed by atoms with Crippen LogP contribution in [-0.4, -0.2) is 35.8 Å². The van der Waals surface area contributed by atoms with Gasteiger partial charge in [0.25, 0.3) is 0 Å². The van der Waals surface area contributed by atoms with Crippen molar-refractivity contribution in [2.75, 3.05) is 24.6 Å². The Morgan fingerprint density at radius 2 is 1.93 bits per heavy atom. The van der Waals surface area contributed by atoms with Crippen LogP contribution < -0.4 is 5.32 Å². The fourth-order valence-corrected chi connectivity index (χ4v) is 2.24. The summed E-state index contributed by atoms with van der Waals surface area (Å²) in [5.41, 5.74) is 0. The van der Waals surface area contributed by atoms with E-state index < -0.39 is 0 Å². The number of thioether (sulfide) groups is 1. The summed E-state index contributed by atoms with van der Waals surface area (Å²) < 4.78 is 0. The summed E-state index contributed by atoms with van der Waals surface area (Å²) in [5, 5.41) is 12.9. The molecule has 0 heterocycles. The molecule has 0 aliphatic heterocycles. The standard InChI is InChI=1S/C12H27NOS/c1-4-5-6-7-15-10-12(14)9-13-8-11(2)3/h11-14H,4-10H2,1-3H3. The highest BCUT2D eigenvalue weighted by molar-refractivity contribution is 7.99. The molecule has 0 amide bonds. The van der Waals surface area contributed by atoms with E-state index in [2.05, 4.69) is 26.1 Å². The third-order valence-corrected chi connectivity index (χ3v) is 3.33. The summed E-state index contributed by atoms with van der Waals surface area (Å²) in [6.07, 6.45) is 3.69. The van der Waals surface area contributed by atoms with Gasteiger partial charge in [0.2, 0.25) is 0 Å². The third kappa shape index (κ3) is 12.2. The SMILES string of the molecule is CCCCCSCC(O)CNCC(C)C. The van der Waals surface area contributed by atoms with Crippen molar-refractivity contribution in [3.8, 4) is 0 Å². The second kappa shape index (κ2) is 10.8. The van der Waals surface area contributed by atoms with Crippen LogP contribution in [0.25, 0.3) is 0 Å². The first-order chi connectivity index (χ1) is 7.16. The molecule has 0 aromatic carbocycles. The molecule has 0 saturated heterocycles. The number of hydrogen-bond acceptors (Lipinski definition) is 3. The molecular formula is C12H27NOS. The average molecular weight is 233 g/mol. The van der Waals surface area contributed by atoms with Crippen LogP contribution in [0.4, 0.5) is 0 Å². The number of rotatable bonds is 10.